The summed E-state index contributed by atoms with van der Waals surface area (Å²) in [5.41, 5.74) is 2.06. The summed E-state index contributed by atoms with van der Waals surface area (Å²) >= 11 is 1.45. The topological polar surface area (TPSA) is 85.1 Å². The number of carbonyl (C=O) groups is 2. The quantitative estimate of drug-likeness (QED) is 0.272. The van der Waals surface area contributed by atoms with Crippen molar-refractivity contribution in [1.82, 2.24) is 9.36 Å². The number of nitrogens with zero attached hydrogens (tertiary/aromatic N) is 2. The third-order valence-electron chi connectivity index (χ3n) is 6.29. The van der Waals surface area contributed by atoms with Crippen LogP contribution in [0, 0.1) is 6.92 Å². The van der Waals surface area contributed by atoms with E-state index < -0.39 is 5.91 Å². The lowest BCUT2D eigenvalue weighted by molar-refractivity contribution is -0.113. The van der Waals surface area contributed by atoms with E-state index in [4.69, 9.17) is 0 Å². The fraction of sp³-hybridized carbons (Fsp3) is 0.100. The Kier molecular flexibility index (Phi) is 7.15. The predicted molar refractivity (Wildman–Crippen MR) is 153 cm³/mol. The first-order valence-electron chi connectivity index (χ1n) is 12.1. The maximum absolute atomic E-state index is 13.1. The normalized spacial score (nSPS) is 10.9. The van der Waals surface area contributed by atoms with Crippen LogP contribution in [0.2, 0.25) is 0 Å². The number of anilines is 2. The zero-order chi connectivity index (χ0) is 26.6. The highest BCUT2D eigenvalue weighted by Gasteiger charge is 2.19. The average Bonchev–Trinajstić information content (AvgIpc) is 3.15. The molecule has 5 aromatic rings. The van der Waals surface area contributed by atoms with Crippen molar-refractivity contribution in [1.29, 1.82) is 0 Å². The number of carbonyl (C=O) groups excluding carboxylic acids is 2. The minimum absolute atomic E-state index is 0.176. The zero-order valence-electron chi connectivity index (χ0n) is 21.0. The summed E-state index contributed by atoms with van der Waals surface area (Å²) in [4.78, 5) is 39.8. The molecule has 0 bridgehead atoms. The van der Waals surface area contributed by atoms with Crippen molar-refractivity contribution in [3.05, 3.63) is 119 Å². The number of nitrogens with one attached hydrogen (secondary N) is 2. The van der Waals surface area contributed by atoms with Gasteiger partial charge in [-0.1, -0.05) is 54.6 Å². The number of rotatable bonds is 7. The number of hydrogen-bond donors (Lipinski definition) is 2. The molecule has 0 radical (unpaired) electrons. The van der Waals surface area contributed by atoms with Gasteiger partial charge in [-0.05, 0) is 60.2 Å². The molecule has 0 saturated carbocycles. The smallest absolute Gasteiger partial charge is 0.295 e. The Labute approximate surface area is 224 Å². The van der Waals surface area contributed by atoms with Crippen LogP contribution in [0.1, 0.15) is 16.1 Å². The monoisotopic (exact) mass is 522 g/mol. The Morgan fingerprint density at radius 1 is 0.816 bits per heavy atom. The lowest BCUT2D eigenvalue weighted by atomic mass is 10.1. The SMILES string of the molecule is Cc1c(NC(=O)c2cccc(NC(=O)CSc3ccc4ccccc4c3)c2)c(=O)n(-c2ccccc2)n1C. The van der Waals surface area contributed by atoms with Crippen molar-refractivity contribution in [3.63, 3.8) is 0 Å². The molecule has 0 aliphatic heterocycles. The van der Waals surface area contributed by atoms with Gasteiger partial charge in [0.1, 0.15) is 5.69 Å². The van der Waals surface area contributed by atoms with Gasteiger partial charge in [0, 0.05) is 23.2 Å². The van der Waals surface area contributed by atoms with Crippen LogP contribution >= 0.6 is 11.8 Å². The van der Waals surface area contributed by atoms with E-state index in [1.807, 2.05) is 60.7 Å². The fourth-order valence-corrected chi connectivity index (χ4v) is 4.98. The summed E-state index contributed by atoms with van der Waals surface area (Å²) in [5, 5.41) is 7.89. The highest BCUT2D eigenvalue weighted by molar-refractivity contribution is 8.00. The van der Waals surface area contributed by atoms with Crippen LogP contribution in [0.3, 0.4) is 0 Å². The molecule has 0 fully saturated rings. The van der Waals surface area contributed by atoms with E-state index in [0.29, 0.717) is 22.6 Å². The number of para-hydroxylation sites is 1. The third kappa shape index (κ3) is 5.26. The second-order valence-electron chi connectivity index (χ2n) is 8.82. The van der Waals surface area contributed by atoms with Crippen LogP contribution in [-0.4, -0.2) is 26.9 Å². The fourth-order valence-electron chi connectivity index (χ4n) is 4.24. The van der Waals surface area contributed by atoms with Gasteiger partial charge in [-0.3, -0.25) is 19.1 Å². The molecule has 190 valence electrons. The number of aromatic nitrogens is 2. The van der Waals surface area contributed by atoms with Gasteiger partial charge < -0.3 is 10.6 Å². The molecule has 1 aromatic heterocycles. The standard InChI is InChI=1S/C30H26N4O3S/c1-20-28(30(37)34(33(20)2)25-13-4-3-5-14-25)32-29(36)23-11-8-12-24(17-23)31-27(35)19-38-26-16-15-21-9-6-7-10-22(21)18-26/h3-18H,19H2,1-2H3,(H,31,35)(H,32,36). The maximum atomic E-state index is 13.1. The molecule has 0 atom stereocenters. The van der Waals surface area contributed by atoms with Gasteiger partial charge in [0.25, 0.3) is 11.5 Å². The lowest BCUT2D eigenvalue weighted by Gasteiger charge is -2.08. The van der Waals surface area contributed by atoms with Crippen molar-refractivity contribution < 1.29 is 9.59 Å². The summed E-state index contributed by atoms with van der Waals surface area (Å²) in [7, 11) is 1.77. The molecule has 8 heteroatoms. The first-order chi connectivity index (χ1) is 18.4. The van der Waals surface area contributed by atoms with Gasteiger partial charge in [0.05, 0.1) is 17.1 Å². The van der Waals surface area contributed by atoms with Crippen LogP contribution < -0.4 is 16.2 Å². The minimum atomic E-state index is -0.433. The van der Waals surface area contributed by atoms with E-state index >= 15 is 0 Å². The van der Waals surface area contributed by atoms with E-state index in [1.165, 1.54) is 16.4 Å². The molecule has 38 heavy (non-hydrogen) atoms. The number of hydrogen-bond acceptors (Lipinski definition) is 4. The molecule has 4 aromatic carbocycles. The van der Waals surface area contributed by atoms with E-state index in [1.54, 1.807) is 42.9 Å². The maximum Gasteiger partial charge on any atom is 0.295 e. The van der Waals surface area contributed by atoms with Crippen LogP contribution in [0.5, 0.6) is 0 Å². The van der Waals surface area contributed by atoms with E-state index in [9.17, 15) is 14.4 Å². The van der Waals surface area contributed by atoms with E-state index in [0.717, 1.165) is 15.7 Å². The molecule has 0 saturated heterocycles. The second kappa shape index (κ2) is 10.8. The first-order valence-corrected chi connectivity index (χ1v) is 13.1. The molecule has 0 aliphatic rings. The Hall–Kier alpha value is -4.56. The Morgan fingerprint density at radius 2 is 1.55 bits per heavy atom. The van der Waals surface area contributed by atoms with Crippen LogP contribution in [0.25, 0.3) is 16.5 Å². The molecule has 0 unspecified atom stereocenters. The van der Waals surface area contributed by atoms with Gasteiger partial charge in [-0.25, -0.2) is 4.68 Å². The number of benzene rings is 4. The highest BCUT2D eigenvalue weighted by atomic mass is 32.2. The summed E-state index contributed by atoms with van der Waals surface area (Å²) in [6.07, 6.45) is 0. The summed E-state index contributed by atoms with van der Waals surface area (Å²) < 4.78 is 3.21. The summed E-state index contributed by atoms with van der Waals surface area (Å²) in [5.74, 6) is -0.375. The zero-order valence-corrected chi connectivity index (χ0v) is 21.8. The molecule has 2 amide bonds. The lowest BCUT2D eigenvalue weighted by Crippen LogP contribution is -2.23. The van der Waals surface area contributed by atoms with Crippen molar-refractivity contribution >= 4 is 45.7 Å². The van der Waals surface area contributed by atoms with Gasteiger partial charge in [-0.15, -0.1) is 11.8 Å². The van der Waals surface area contributed by atoms with Crippen LogP contribution in [0.15, 0.2) is 107 Å². The summed E-state index contributed by atoms with van der Waals surface area (Å²) in [6.45, 7) is 1.78. The molecular weight excluding hydrogens is 496 g/mol. The van der Waals surface area contributed by atoms with Crippen molar-refractivity contribution in [2.75, 3.05) is 16.4 Å². The molecule has 0 aliphatic carbocycles. The Bertz CT molecular complexity index is 1710. The Balaban J connectivity index is 1.26. The highest BCUT2D eigenvalue weighted by Crippen LogP contribution is 2.24. The van der Waals surface area contributed by atoms with E-state index in [2.05, 4.69) is 22.8 Å². The van der Waals surface area contributed by atoms with Crippen molar-refractivity contribution in [3.8, 4) is 5.69 Å². The minimum Gasteiger partial charge on any atom is -0.325 e. The largest absolute Gasteiger partial charge is 0.325 e. The van der Waals surface area contributed by atoms with E-state index in [-0.39, 0.29) is 22.9 Å². The average molecular weight is 523 g/mol. The van der Waals surface area contributed by atoms with Crippen LogP contribution in [0.4, 0.5) is 11.4 Å². The van der Waals surface area contributed by atoms with Gasteiger partial charge in [-0.2, -0.15) is 0 Å². The molecule has 5 rings (SSSR count). The van der Waals surface area contributed by atoms with Crippen molar-refractivity contribution in [2.24, 2.45) is 7.05 Å². The summed E-state index contributed by atoms with van der Waals surface area (Å²) in [6, 6.07) is 30.1. The predicted octanol–water partition coefficient (Wildman–Crippen LogP) is 5.62. The molecule has 7 nitrogen and oxygen atoms in total. The van der Waals surface area contributed by atoms with Crippen molar-refractivity contribution in [2.45, 2.75) is 11.8 Å². The first kappa shape index (κ1) is 25.1. The molecule has 2 N–H and O–H groups in total. The van der Waals surface area contributed by atoms with Gasteiger partial charge in [0.2, 0.25) is 5.91 Å². The van der Waals surface area contributed by atoms with Crippen LogP contribution in [-0.2, 0) is 11.8 Å². The number of thioether (sulfide) groups is 1. The Morgan fingerprint density at radius 3 is 2.34 bits per heavy atom. The third-order valence-corrected chi connectivity index (χ3v) is 7.29. The second-order valence-corrected chi connectivity index (χ2v) is 9.87. The molecule has 1 heterocycles. The van der Waals surface area contributed by atoms with Gasteiger partial charge >= 0.3 is 0 Å². The number of fused-ring (bicyclic) bond motifs is 1. The van der Waals surface area contributed by atoms with Gasteiger partial charge in [0.15, 0.2) is 0 Å². The molecular formula is C30H26N4O3S. The molecule has 0 spiro atoms. The number of amides is 2.